The highest BCUT2D eigenvalue weighted by Crippen LogP contribution is 2.29. The molecule has 0 spiro atoms. The fraction of sp³-hybridized carbons (Fsp3) is 0.357. The summed E-state index contributed by atoms with van der Waals surface area (Å²) in [6.45, 7) is 5.13. The Morgan fingerprint density at radius 2 is 1.79 bits per heavy atom. The SMILES string of the molecule is CC(CCNC(=O)c1c(Cl)cncc1Cl)N1CCC(N(Cc2cccc(Cl)c2)c2ccc([N+](=O)[O-])cc2)CC1. The van der Waals surface area contributed by atoms with E-state index >= 15 is 0 Å². The maximum Gasteiger partial charge on any atom is 0.269 e. The summed E-state index contributed by atoms with van der Waals surface area (Å²) in [5, 5.41) is 15.2. The van der Waals surface area contributed by atoms with Gasteiger partial charge in [-0.2, -0.15) is 0 Å². The number of rotatable bonds is 10. The molecule has 0 radical (unpaired) electrons. The van der Waals surface area contributed by atoms with Crippen LogP contribution in [0.3, 0.4) is 0 Å². The summed E-state index contributed by atoms with van der Waals surface area (Å²) in [7, 11) is 0. The van der Waals surface area contributed by atoms with E-state index in [2.05, 4.69) is 27.0 Å². The van der Waals surface area contributed by atoms with Gasteiger partial charge < -0.3 is 15.1 Å². The molecule has 4 rings (SSSR count). The second-order valence-electron chi connectivity index (χ2n) is 9.67. The summed E-state index contributed by atoms with van der Waals surface area (Å²) in [5.41, 5.74) is 2.35. The highest BCUT2D eigenvalue weighted by atomic mass is 35.5. The Labute approximate surface area is 243 Å². The number of nitrogens with one attached hydrogen (secondary N) is 1. The number of amides is 1. The first-order valence-electron chi connectivity index (χ1n) is 12.8. The van der Waals surface area contributed by atoms with Gasteiger partial charge in [0.05, 0.1) is 20.5 Å². The number of piperidine rings is 1. The number of aromatic nitrogens is 1. The second-order valence-corrected chi connectivity index (χ2v) is 10.9. The Balaban J connectivity index is 1.35. The van der Waals surface area contributed by atoms with Crippen molar-refractivity contribution in [3.05, 3.63) is 97.2 Å². The lowest BCUT2D eigenvalue weighted by atomic mass is 9.99. The molecule has 1 aliphatic heterocycles. The molecular formula is C28H30Cl3N5O3. The number of pyridine rings is 1. The van der Waals surface area contributed by atoms with Crippen LogP contribution in [-0.2, 0) is 6.54 Å². The molecule has 0 aliphatic carbocycles. The van der Waals surface area contributed by atoms with E-state index in [1.165, 1.54) is 12.4 Å². The Bertz CT molecular complexity index is 1280. The fourth-order valence-electron chi connectivity index (χ4n) is 4.96. The molecule has 1 atom stereocenters. The fourth-order valence-corrected chi connectivity index (χ4v) is 5.71. The van der Waals surface area contributed by atoms with E-state index in [0.29, 0.717) is 18.1 Å². The van der Waals surface area contributed by atoms with Crippen LogP contribution in [0.2, 0.25) is 15.1 Å². The molecule has 1 unspecified atom stereocenters. The molecule has 1 aromatic heterocycles. The quantitative estimate of drug-likeness (QED) is 0.211. The van der Waals surface area contributed by atoms with E-state index in [1.54, 1.807) is 12.1 Å². The van der Waals surface area contributed by atoms with Gasteiger partial charge in [-0.15, -0.1) is 0 Å². The topological polar surface area (TPSA) is 91.6 Å². The maximum atomic E-state index is 12.6. The number of hydrogen-bond donors (Lipinski definition) is 1. The Morgan fingerprint density at radius 3 is 2.41 bits per heavy atom. The minimum Gasteiger partial charge on any atom is -0.364 e. The molecule has 206 valence electrons. The average molecular weight is 591 g/mol. The lowest BCUT2D eigenvalue weighted by molar-refractivity contribution is -0.384. The van der Waals surface area contributed by atoms with Gasteiger partial charge in [-0.05, 0) is 56.0 Å². The van der Waals surface area contributed by atoms with Gasteiger partial charge in [0.25, 0.3) is 11.6 Å². The molecule has 1 amide bonds. The van der Waals surface area contributed by atoms with E-state index in [9.17, 15) is 14.9 Å². The molecule has 0 saturated carbocycles. The molecule has 2 heterocycles. The molecule has 1 aliphatic rings. The van der Waals surface area contributed by atoms with Crippen LogP contribution in [0.15, 0.2) is 60.9 Å². The van der Waals surface area contributed by atoms with Crippen molar-refractivity contribution in [1.82, 2.24) is 15.2 Å². The van der Waals surface area contributed by atoms with E-state index in [4.69, 9.17) is 34.8 Å². The standard InChI is InChI=1S/C28H30Cl3N5O3/c1-19(9-12-33-28(37)27-25(30)16-32-17-26(27)31)34-13-10-23(11-14-34)35(18-20-3-2-4-21(29)15-20)22-5-7-24(8-6-22)36(38)39/h2-8,15-17,19,23H,9-14,18H2,1H3,(H,33,37). The predicted molar refractivity (Wildman–Crippen MR) is 156 cm³/mol. The molecular weight excluding hydrogens is 561 g/mol. The van der Waals surface area contributed by atoms with Crippen molar-refractivity contribution in [2.45, 2.75) is 44.8 Å². The van der Waals surface area contributed by atoms with Crippen molar-refractivity contribution in [2.75, 3.05) is 24.5 Å². The Hall–Kier alpha value is -2.91. The van der Waals surface area contributed by atoms with Gasteiger partial charge in [0.15, 0.2) is 0 Å². The van der Waals surface area contributed by atoms with E-state index in [1.807, 2.05) is 36.4 Å². The van der Waals surface area contributed by atoms with Gasteiger partial charge in [-0.25, -0.2) is 0 Å². The van der Waals surface area contributed by atoms with Crippen LogP contribution >= 0.6 is 34.8 Å². The number of nitro groups is 1. The third-order valence-corrected chi connectivity index (χ3v) is 7.93. The summed E-state index contributed by atoms with van der Waals surface area (Å²) < 4.78 is 0. The summed E-state index contributed by atoms with van der Waals surface area (Å²) in [6.07, 6.45) is 5.47. The molecule has 11 heteroatoms. The smallest absolute Gasteiger partial charge is 0.269 e. The number of carbonyl (C=O) groups excluding carboxylic acids is 1. The summed E-state index contributed by atoms with van der Waals surface area (Å²) in [5.74, 6) is -0.307. The van der Waals surface area contributed by atoms with E-state index < -0.39 is 0 Å². The lowest BCUT2D eigenvalue weighted by Crippen LogP contribution is -2.48. The van der Waals surface area contributed by atoms with Gasteiger partial charge in [-0.1, -0.05) is 46.9 Å². The van der Waals surface area contributed by atoms with E-state index in [0.717, 1.165) is 43.6 Å². The molecule has 3 aromatic rings. The average Bonchev–Trinajstić information content (AvgIpc) is 2.92. The van der Waals surface area contributed by atoms with Gasteiger partial charge >= 0.3 is 0 Å². The molecule has 39 heavy (non-hydrogen) atoms. The van der Waals surface area contributed by atoms with Gasteiger partial charge in [-0.3, -0.25) is 19.9 Å². The normalized spacial score (nSPS) is 15.1. The van der Waals surface area contributed by atoms with Crippen LogP contribution in [0.4, 0.5) is 11.4 Å². The third-order valence-electron chi connectivity index (χ3n) is 7.13. The van der Waals surface area contributed by atoms with Crippen LogP contribution in [0.5, 0.6) is 0 Å². The van der Waals surface area contributed by atoms with Crippen molar-refractivity contribution in [3.63, 3.8) is 0 Å². The van der Waals surface area contributed by atoms with Crippen LogP contribution in [0.1, 0.15) is 42.1 Å². The number of likely N-dealkylation sites (tertiary alicyclic amines) is 1. The minimum atomic E-state index is -0.381. The zero-order valence-electron chi connectivity index (χ0n) is 21.5. The number of halogens is 3. The third kappa shape index (κ3) is 7.60. The number of carbonyl (C=O) groups is 1. The van der Waals surface area contributed by atoms with Crippen molar-refractivity contribution >= 4 is 52.1 Å². The van der Waals surface area contributed by atoms with Gasteiger partial charge in [0.2, 0.25) is 0 Å². The molecule has 1 fully saturated rings. The molecule has 1 N–H and O–H groups in total. The minimum absolute atomic E-state index is 0.0747. The number of benzene rings is 2. The molecule has 2 aromatic carbocycles. The van der Waals surface area contributed by atoms with Crippen molar-refractivity contribution in [2.24, 2.45) is 0 Å². The molecule has 0 bridgehead atoms. The highest BCUT2D eigenvalue weighted by Gasteiger charge is 2.28. The van der Waals surface area contributed by atoms with Gasteiger partial charge in [0, 0.05) is 73.5 Å². The van der Waals surface area contributed by atoms with Crippen LogP contribution in [0, 0.1) is 10.1 Å². The van der Waals surface area contributed by atoms with Gasteiger partial charge in [0.1, 0.15) is 0 Å². The number of non-ortho nitro benzene ring substituents is 1. The summed E-state index contributed by atoms with van der Waals surface area (Å²) in [6, 6.07) is 15.1. The molecule has 8 nitrogen and oxygen atoms in total. The van der Waals surface area contributed by atoms with Crippen molar-refractivity contribution < 1.29 is 9.72 Å². The second kappa shape index (κ2) is 13.4. The monoisotopic (exact) mass is 589 g/mol. The first-order valence-corrected chi connectivity index (χ1v) is 13.9. The number of nitro benzene ring substituents is 1. The van der Waals surface area contributed by atoms with Crippen molar-refractivity contribution in [1.29, 1.82) is 0 Å². The summed E-state index contributed by atoms with van der Waals surface area (Å²) >= 11 is 18.4. The Morgan fingerprint density at radius 1 is 1.13 bits per heavy atom. The molecule has 1 saturated heterocycles. The van der Waals surface area contributed by atoms with Crippen molar-refractivity contribution in [3.8, 4) is 0 Å². The lowest BCUT2D eigenvalue weighted by Gasteiger charge is -2.42. The first-order chi connectivity index (χ1) is 18.7. The number of hydrogen-bond acceptors (Lipinski definition) is 6. The number of nitrogens with zero attached hydrogens (tertiary/aromatic N) is 4. The van der Waals surface area contributed by atoms with Crippen LogP contribution in [0.25, 0.3) is 0 Å². The number of anilines is 1. The maximum absolute atomic E-state index is 12.6. The first kappa shape index (κ1) is 29.1. The van der Waals surface area contributed by atoms with Crippen LogP contribution in [-0.4, -0.2) is 52.4 Å². The zero-order valence-corrected chi connectivity index (χ0v) is 23.8. The van der Waals surface area contributed by atoms with Crippen LogP contribution < -0.4 is 10.2 Å². The van der Waals surface area contributed by atoms with E-state index in [-0.39, 0.29) is 44.2 Å². The predicted octanol–water partition coefficient (Wildman–Crippen LogP) is 6.63. The zero-order chi connectivity index (χ0) is 27.9. The largest absolute Gasteiger partial charge is 0.364 e. The highest BCUT2D eigenvalue weighted by molar-refractivity contribution is 6.39. The summed E-state index contributed by atoms with van der Waals surface area (Å²) in [4.78, 5) is 32.0. The Kier molecular flexibility index (Phi) is 10.0.